The lowest BCUT2D eigenvalue weighted by atomic mass is 9.77. The van der Waals surface area contributed by atoms with Gasteiger partial charge in [0.2, 0.25) is 29.5 Å². The van der Waals surface area contributed by atoms with Crippen molar-refractivity contribution >= 4 is 35.6 Å². The molecular weight excluding hydrogens is 967 g/mol. The highest BCUT2D eigenvalue weighted by molar-refractivity contribution is 5.95. The molecule has 0 radical (unpaired) electrons. The van der Waals surface area contributed by atoms with E-state index in [-0.39, 0.29) is 55.8 Å². The molecular formula is C55H89N7O13. The Kier molecular flexibility index (Phi) is 20.2. The number of amidine groups is 1. The Hall–Kier alpha value is -4.44. The number of methoxy groups -OCH3 is 1. The third-order valence-corrected chi connectivity index (χ3v) is 16.3. The standard InChI is InChI=1S/C55H89N7O13/c1-15-32(5)43-49(66)56-28-41(63)58-38(25-37-20-17-16-18-21-37)50(67)62-23-19-22-39(62)51(68)60(12)29-31(4)26-54(10,69)47(75-52-45-40(24-33(6)71-52)61(13)53(74-45)57-30(2)3)34(7)44(35(8)48(65)59-43)73-42-27-55(11,70-14)46(64)36(9)72-42/h16-18,20-21,30-36,38-40,42-47,52,64,69H,15,19,22-29H2,1-14H3,(H,56,66)(H,58,63)(H,59,65)/t31-,32+,33-,34+,35-,36+,38+,39+,40+,42+,43+,44?,45-,46+,47-,52?,54-,55-/m1/s1. The van der Waals surface area contributed by atoms with Gasteiger partial charge in [0, 0.05) is 59.1 Å². The topological polar surface area (TPSA) is 239 Å². The Labute approximate surface area is 444 Å². The molecule has 5 fully saturated rings. The van der Waals surface area contributed by atoms with E-state index in [1.54, 1.807) is 44.5 Å². The number of aliphatic imine (C=N–C) groups is 1. The summed E-state index contributed by atoms with van der Waals surface area (Å²) in [6.45, 7) is 20.2. The zero-order valence-electron chi connectivity index (χ0n) is 46.9. The number of hydrogen-bond acceptors (Lipinski definition) is 14. The maximum Gasteiger partial charge on any atom is 0.288 e. The first-order valence-electron chi connectivity index (χ1n) is 27.3. The van der Waals surface area contributed by atoms with Crippen molar-refractivity contribution in [3.8, 4) is 0 Å². The molecule has 0 aliphatic carbocycles. The Balaban J connectivity index is 1.43. The predicted molar refractivity (Wildman–Crippen MR) is 280 cm³/mol. The highest BCUT2D eigenvalue weighted by Crippen LogP contribution is 2.41. The molecule has 20 nitrogen and oxygen atoms in total. The molecule has 5 aliphatic rings. The zero-order valence-corrected chi connectivity index (χ0v) is 46.9. The van der Waals surface area contributed by atoms with E-state index >= 15 is 0 Å². The highest BCUT2D eigenvalue weighted by Gasteiger charge is 2.54. The van der Waals surface area contributed by atoms with Crippen molar-refractivity contribution in [1.82, 2.24) is 30.7 Å². The van der Waals surface area contributed by atoms with Crippen LogP contribution in [0.2, 0.25) is 0 Å². The molecule has 2 unspecified atom stereocenters. The van der Waals surface area contributed by atoms with Crippen LogP contribution in [0.3, 0.4) is 0 Å². The Morgan fingerprint density at radius 3 is 2.27 bits per heavy atom. The summed E-state index contributed by atoms with van der Waals surface area (Å²) >= 11 is 0. The highest BCUT2D eigenvalue weighted by atomic mass is 16.7. The fourth-order valence-corrected chi connectivity index (χ4v) is 11.8. The number of aliphatic hydroxyl groups excluding tert-OH is 1. The first-order chi connectivity index (χ1) is 35.3. The lowest BCUT2D eigenvalue weighted by molar-refractivity contribution is -0.313. The molecule has 0 spiro atoms. The molecule has 1 aromatic rings. The minimum Gasteiger partial charge on any atom is -0.454 e. The number of aliphatic hydroxyl groups is 2. The Morgan fingerprint density at radius 1 is 0.920 bits per heavy atom. The quantitative estimate of drug-likeness (QED) is 0.227. The van der Waals surface area contributed by atoms with Gasteiger partial charge < -0.3 is 69.3 Å². The van der Waals surface area contributed by atoms with Gasteiger partial charge in [-0.15, -0.1) is 0 Å². The first kappa shape index (κ1) is 59.8. The number of fused-ring (bicyclic) bond motifs is 2. The van der Waals surface area contributed by atoms with Crippen molar-refractivity contribution in [3.05, 3.63) is 35.9 Å². The average Bonchev–Trinajstić information content (AvgIpc) is 3.97. The maximum atomic E-state index is 15.0. The molecule has 6 rings (SSSR count). The molecule has 1 aromatic carbocycles. The summed E-state index contributed by atoms with van der Waals surface area (Å²) in [5.74, 6) is -5.15. The fraction of sp³-hybridized carbons (Fsp3) is 0.782. The molecule has 0 aromatic heterocycles. The van der Waals surface area contributed by atoms with E-state index in [0.29, 0.717) is 38.2 Å². The van der Waals surface area contributed by atoms with Gasteiger partial charge in [0.1, 0.15) is 24.2 Å². The van der Waals surface area contributed by atoms with Gasteiger partial charge in [0.05, 0.1) is 54.1 Å². The van der Waals surface area contributed by atoms with E-state index in [4.69, 9.17) is 33.4 Å². The van der Waals surface area contributed by atoms with Crippen LogP contribution in [0.1, 0.15) is 120 Å². The van der Waals surface area contributed by atoms with E-state index in [1.807, 2.05) is 90.7 Å². The van der Waals surface area contributed by atoms with E-state index < -0.39 is 120 Å². The third kappa shape index (κ3) is 14.2. The minimum absolute atomic E-state index is 0.0623. The normalized spacial score (nSPS) is 39.2. The smallest absolute Gasteiger partial charge is 0.288 e. The fourth-order valence-electron chi connectivity index (χ4n) is 11.8. The van der Waals surface area contributed by atoms with Gasteiger partial charge in [-0.05, 0) is 84.6 Å². The van der Waals surface area contributed by atoms with Crippen LogP contribution in [0.25, 0.3) is 0 Å². The third-order valence-electron chi connectivity index (χ3n) is 16.3. The second kappa shape index (κ2) is 25.4. The molecule has 75 heavy (non-hydrogen) atoms. The molecule has 422 valence electrons. The first-order valence-corrected chi connectivity index (χ1v) is 27.3. The summed E-state index contributed by atoms with van der Waals surface area (Å²) in [5, 5.41) is 32.9. The summed E-state index contributed by atoms with van der Waals surface area (Å²) in [4.78, 5) is 82.0. The van der Waals surface area contributed by atoms with E-state index in [1.165, 1.54) is 7.11 Å². The Morgan fingerprint density at radius 2 is 1.61 bits per heavy atom. The molecule has 18 atom stereocenters. The van der Waals surface area contributed by atoms with E-state index in [9.17, 15) is 34.2 Å². The van der Waals surface area contributed by atoms with Crippen LogP contribution in [0.15, 0.2) is 35.3 Å². The summed E-state index contributed by atoms with van der Waals surface area (Å²) in [5.41, 5.74) is -2.02. The van der Waals surface area contributed by atoms with Gasteiger partial charge in [-0.25, -0.2) is 4.99 Å². The summed E-state index contributed by atoms with van der Waals surface area (Å²) in [7, 11) is 5.11. The largest absolute Gasteiger partial charge is 0.454 e. The van der Waals surface area contributed by atoms with Crippen molar-refractivity contribution in [2.75, 3.05) is 40.8 Å². The number of hydrogen-bond donors (Lipinski definition) is 5. The second-order valence-corrected chi connectivity index (χ2v) is 23.0. The molecule has 5 saturated heterocycles. The van der Waals surface area contributed by atoms with E-state index in [0.717, 1.165) is 5.56 Å². The molecule has 5 heterocycles. The minimum atomic E-state index is -1.72. The van der Waals surface area contributed by atoms with Crippen LogP contribution >= 0.6 is 0 Å². The number of carbonyl (C=O) groups excluding carboxylic acids is 5. The van der Waals surface area contributed by atoms with Crippen LogP contribution in [-0.4, -0.2) is 192 Å². The maximum absolute atomic E-state index is 15.0. The predicted octanol–water partition coefficient (Wildman–Crippen LogP) is 3.14. The van der Waals surface area contributed by atoms with Gasteiger partial charge in [-0.2, -0.15) is 0 Å². The van der Waals surface area contributed by atoms with Crippen LogP contribution in [0, 0.1) is 23.7 Å². The summed E-state index contributed by atoms with van der Waals surface area (Å²) in [6, 6.07) is 6.49. The van der Waals surface area contributed by atoms with Crippen LogP contribution in [-0.2, 0) is 58.8 Å². The monoisotopic (exact) mass is 1060 g/mol. The number of rotatable bonds is 10. The lowest BCUT2D eigenvalue weighted by Crippen LogP contribution is -2.61. The Bertz CT molecular complexity index is 2150. The zero-order chi connectivity index (χ0) is 55.3. The number of nitrogens with zero attached hydrogens (tertiary/aromatic N) is 4. The molecule has 20 heteroatoms. The molecule has 0 saturated carbocycles. The summed E-state index contributed by atoms with van der Waals surface area (Å²) in [6.07, 6.45) is -4.60. The number of ether oxygens (including phenoxy) is 6. The SMILES string of the molecule is CC[C@H](C)[C@@H]1NC(=O)[C@H](C)C(O[C@H]2C[C@@](C)(OC)[C@@H](O)[C@H](C)O2)[C@H](C)[C@@H](OC2O[C@H](C)C[C@H]3[C@H]2OC(=NC(C)C)N3C)[C@](C)(O)C[C@@H](C)CN(C)C(=O)[C@@H]2CCCN2C(=O)[C@H](Cc2ccccc2)NC(=O)CNC1=O. The number of carbonyl (C=O) groups is 5. The van der Waals surface area contributed by atoms with Crippen LogP contribution in [0.5, 0.6) is 0 Å². The van der Waals surface area contributed by atoms with Gasteiger partial charge in [-0.3, -0.25) is 24.0 Å². The van der Waals surface area contributed by atoms with Crippen LogP contribution in [0.4, 0.5) is 0 Å². The molecule has 0 bridgehead atoms. The number of benzene rings is 1. The van der Waals surface area contributed by atoms with Crippen molar-refractivity contribution in [3.63, 3.8) is 0 Å². The van der Waals surface area contributed by atoms with Crippen molar-refractivity contribution in [1.29, 1.82) is 0 Å². The molecule has 5 aliphatic heterocycles. The average molecular weight is 1060 g/mol. The van der Waals surface area contributed by atoms with Gasteiger partial charge in [-0.1, -0.05) is 71.4 Å². The van der Waals surface area contributed by atoms with Crippen molar-refractivity contribution < 1.29 is 62.6 Å². The lowest BCUT2D eigenvalue weighted by Gasteiger charge is -2.48. The second-order valence-electron chi connectivity index (χ2n) is 23.0. The van der Waals surface area contributed by atoms with Crippen LogP contribution < -0.4 is 16.0 Å². The van der Waals surface area contributed by atoms with Crippen molar-refractivity contribution in [2.24, 2.45) is 28.7 Å². The number of nitrogens with one attached hydrogen (secondary N) is 3. The number of amides is 5. The van der Waals surface area contributed by atoms with Gasteiger partial charge in [0.25, 0.3) is 6.02 Å². The van der Waals surface area contributed by atoms with E-state index in [2.05, 4.69) is 16.0 Å². The van der Waals surface area contributed by atoms with Gasteiger partial charge in [0.15, 0.2) is 18.7 Å². The number of likely N-dealkylation sites (N-methyl/N-ethyl adjacent to an activating group) is 2. The molecule has 5 amide bonds. The summed E-state index contributed by atoms with van der Waals surface area (Å²) < 4.78 is 39.4. The van der Waals surface area contributed by atoms with Gasteiger partial charge >= 0.3 is 0 Å². The van der Waals surface area contributed by atoms with Crippen molar-refractivity contribution in [2.45, 2.75) is 212 Å². The molecule has 5 N–H and O–H groups in total.